The summed E-state index contributed by atoms with van der Waals surface area (Å²) in [5, 5.41) is 4.50. The van der Waals surface area contributed by atoms with E-state index in [0.717, 1.165) is 29.8 Å². The van der Waals surface area contributed by atoms with E-state index in [0.29, 0.717) is 19.6 Å². The summed E-state index contributed by atoms with van der Waals surface area (Å²) in [6, 6.07) is 9.17. The first-order valence-electron chi connectivity index (χ1n) is 7.68. The Kier molecular flexibility index (Phi) is 4.79. The number of nitrogens with one attached hydrogen (secondary N) is 1. The van der Waals surface area contributed by atoms with Crippen LogP contribution < -0.4 is 4.72 Å². The zero-order chi connectivity index (χ0) is 16.3. The molecule has 23 heavy (non-hydrogen) atoms. The molecule has 124 valence electrons. The summed E-state index contributed by atoms with van der Waals surface area (Å²) in [7, 11) is -1.41. The zero-order valence-electron chi connectivity index (χ0n) is 13.2. The molecular weight excluding hydrogens is 314 g/mol. The summed E-state index contributed by atoms with van der Waals surface area (Å²) in [5.74, 6) is -0.00270. The van der Waals surface area contributed by atoms with Crippen molar-refractivity contribution in [1.29, 1.82) is 0 Å². The summed E-state index contributed by atoms with van der Waals surface area (Å²) in [4.78, 5) is 0. The van der Waals surface area contributed by atoms with Crippen LogP contribution in [-0.4, -0.2) is 31.3 Å². The molecule has 1 aromatic carbocycles. The zero-order valence-corrected chi connectivity index (χ0v) is 14.0. The number of hydrogen-bond donors (Lipinski definition) is 1. The Labute approximate surface area is 136 Å². The molecule has 3 rings (SSSR count). The van der Waals surface area contributed by atoms with Gasteiger partial charge in [0, 0.05) is 37.7 Å². The van der Waals surface area contributed by atoms with Crippen LogP contribution in [0.4, 0.5) is 0 Å². The third-order valence-corrected chi connectivity index (χ3v) is 5.33. The van der Waals surface area contributed by atoms with Gasteiger partial charge in [0.2, 0.25) is 10.0 Å². The Morgan fingerprint density at radius 3 is 2.87 bits per heavy atom. The number of nitrogens with zero attached hydrogens (tertiary/aromatic N) is 2. The van der Waals surface area contributed by atoms with Crippen molar-refractivity contribution in [3.05, 3.63) is 52.8 Å². The van der Waals surface area contributed by atoms with Gasteiger partial charge in [0.15, 0.2) is 0 Å². The minimum absolute atomic E-state index is 0.00270. The second kappa shape index (κ2) is 6.82. The predicted octanol–water partition coefficient (Wildman–Crippen LogP) is 1.15. The van der Waals surface area contributed by atoms with Crippen LogP contribution in [0.2, 0.25) is 0 Å². The first-order valence-corrected chi connectivity index (χ1v) is 9.33. The maximum Gasteiger partial charge on any atom is 0.215 e. The number of aryl methyl sites for hydroxylation is 1. The van der Waals surface area contributed by atoms with Gasteiger partial charge in [-0.1, -0.05) is 30.3 Å². The molecule has 6 nitrogen and oxygen atoms in total. The van der Waals surface area contributed by atoms with E-state index in [1.165, 1.54) is 5.69 Å². The smallest absolute Gasteiger partial charge is 0.215 e. The lowest BCUT2D eigenvalue weighted by molar-refractivity contribution is 0.108. The molecule has 2 heterocycles. The van der Waals surface area contributed by atoms with Crippen molar-refractivity contribution in [2.45, 2.75) is 25.2 Å². The number of aromatic nitrogens is 2. The summed E-state index contributed by atoms with van der Waals surface area (Å²) in [6.07, 6.45) is 1.43. The van der Waals surface area contributed by atoms with Crippen molar-refractivity contribution in [2.24, 2.45) is 7.05 Å². The molecule has 0 radical (unpaired) electrons. The third kappa shape index (κ3) is 3.99. The van der Waals surface area contributed by atoms with Crippen LogP contribution >= 0.6 is 0 Å². The maximum atomic E-state index is 12.1. The van der Waals surface area contributed by atoms with Crippen LogP contribution in [0.5, 0.6) is 0 Å². The van der Waals surface area contributed by atoms with Gasteiger partial charge in [0.25, 0.3) is 0 Å². The SMILES string of the molecule is Cn1nc(CCNS(=O)(=O)Cc2ccccc2)c2c1CCOC2. The highest BCUT2D eigenvalue weighted by molar-refractivity contribution is 7.88. The maximum absolute atomic E-state index is 12.1. The highest BCUT2D eigenvalue weighted by Crippen LogP contribution is 2.20. The van der Waals surface area contributed by atoms with E-state index < -0.39 is 10.0 Å². The Balaban J connectivity index is 1.59. The number of sulfonamides is 1. The molecule has 1 aliphatic heterocycles. The van der Waals surface area contributed by atoms with E-state index in [2.05, 4.69) is 9.82 Å². The summed E-state index contributed by atoms with van der Waals surface area (Å²) in [5.41, 5.74) is 4.01. The van der Waals surface area contributed by atoms with Crippen molar-refractivity contribution < 1.29 is 13.2 Å². The molecule has 0 fully saturated rings. The largest absolute Gasteiger partial charge is 0.376 e. The van der Waals surface area contributed by atoms with E-state index in [1.54, 1.807) is 0 Å². The third-order valence-electron chi connectivity index (χ3n) is 3.97. The fourth-order valence-corrected chi connectivity index (χ4v) is 4.00. The standard InChI is InChI=1S/C16H21N3O3S/c1-19-16-8-10-22-11-14(16)15(18-19)7-9-17-23(20,21)12-13-5-3-2-4-6-13/h2-6,17H,7-12H2,1H3. The van der Waals surface area contributed by atoms with Crippen LogP contribution in [0.25, 0.3) is 0 Å². The summed E-state index contributed by atoms with van der Waals surface area (Å²) in [6.45, 7) is 1.63. The fraction of sp³-hybridized carbons (Fsp3) is 0.438. The molecule has 0 saturated carbocycles. The van der Waals surface area contributed by atoms with Gasteiger partial charge in [-0.05, 0) is 5.56 Å². The normalized spacial score (nSPS) is 14.7. The number of ether oxygens (including phenoxy) is 1. The highest BCUT2D eigenvalue weighted by atomic mass is 32.2. The van der Waals surface area contributed by atoms with E-state index >= 15 is 0 Å². The Morgan fingerprint density at radius 2 is 2.09 bits per heavy atom. The number of fused-ring (bicyclic) bond motifs is 1. The van der Waals surface area contributed by atoms with Crippen molar-refractivity contribution in [1.82, 2.24) is 14.5 Å². The van der Waals surface area contributed by atoms with Gasteiger partial charge in [0.05, 0.1) is 24.7 Å². The first-order chi connectivity index (χ1) is 11.1. The second-order valence-electron chi connectivity index (χ2n) is 5.69. The minimum atomic E-state index is -3.34. The van der Waals surface area contributed by atoms with Gasteiger partial charge in [-0.3, -0.25) is 4.68 Å². The van der Waals surface area contributed by atoms with E-state index in [4.69, 9.17) is 4.74 Å². The van der Waals surface area contributed by atoms with Crippen LogP contribution in [0.3, 0.4) is 0 Å². The van der Waals surface area contributed by atoms with Crippen molar-refractivity contribution in [3.63, 3.8) is 0 Å². The molecule has 2 aromatic rings. The molecule has 1 aromatic heterocycles. The molecule has 1 aliphatic rings. The molecule has 7 heteroatoms. The quantitative estimate of drug-likeness (QED) is 0.860. The van der Waals surface area contributed by atoms with Crippen molar-refractivity contribution in [3.8, 4) is 0 Å². The second-order valence-corrected chi connectivity index (χ2v) is 7.49. The lowest BCUT2D eigenvalue weighted by atomic mass is 10.1. The number of rotatable bonds is 6. The van der Waals surface area contributed by atoms with Gasteiger partial charge in [-0.2, -0.15) is 5.10 Å². The predicted molar refractivity (Wildman–Crippen MR) is 87.3 cm³/mol. The fourth-order valence-electron chi connectivity index (χ4n) is 2.86. The molecule has 0 aliphatic carbocycles. The van der Waals surface area contributed by atoms with Gasteiger partial charge in [0.1, 0.15) is 0 Å². The van der Waals surface area contributed by atoms with E-state index in [-0.39, 0.29) is 5.75 Å². The van der Waals surface area contributed by atoms with Gasteiger partial charge >= 0.3 is 0 Å². The Morgan fingerprint density at radius 1 is 1.30 bits per heavy atom. The van der Waals surface area contributed by atoms with Gasteiger partial charge in [-0.25, -0.2) is 13.1 Å². The lowest BCUT2D eigenvalue weighted by Crippen LogP contribution is -2.27. The van der Waals surface area contributed by atoms with Crippen LogP contribution in [0.15, 0.2) is 30.3 Å². The minimum Gasteiger partial charge on any atom is -0.376 e. The number of hydrogen-bond acceptors (Lipinski definition) is 4. The molecule has 0 atom stereocenters. The van der Waals surface area contributed by atoms with Crippen LogP contribution in [0, 0.1) is 0 Å². The summed E-state index contributed by atoms with van der Waals surface area (Å²) >= 11 is 0. The van der Waals surface area contributed by atoms with E-state index in [9.17, 15) is 8.42 Å². The molecule has 0 amide bonds. The monoisotopic (exact) mass is 335 g/mol. The van der Waals surface area contributed by atoms with Crippen LogP contribution in [-0.2, 0) is 47.0 Å². The van der Waals surface area contributed by atoms with E-state index in [1.807, 2.05) is 42.1 Å². The topological polar surface area (TPSA) is 73.2 Å². The Bertz CT molecular complexity index is 769. The van der Waals surface area contributed by atoms with Crippen molar-refractivity contribution >= 4 is 10.0 Å². The highest BCUT2D eigenvalue weighted by Gasteiger charge is 2.20. The molecule has 1 N–H and O–H groups in total. The Hall–Kier alpha value is -1.70. The summed E-state index contributed by atoms with van der Waals surface area (Å²) < 4.78 is 34.3. The molecule has 0 unspecified atom stereocenters. The van der Waals surface area contributed by atoms with Gasteiger partial charge in [-0.15, -0.1) is 0 Å². The van der Waals surface area contributed by atoms with Crippen LogP contribution in [0.1, 0.15) is 22.5 Å². The average molecular weight is 335 g/mol. The van der Waals surface area contributed by atoms with Crippen molar-refractivity contribution in [2.75, 3.05) is 13.2 Å². The molecular formula is C16H21N3O3S. The molecule has 0 bridgehead atoms. The average Bonchev–Trinajstić information content (AvgIpc) is 2.85. The lowest BCUT2D eigenvalue weighted by Gasteiger charge is -2.13. The van der Waals surface area contributed by atoms with Gasteiger partial charge < -0.3 is 4.74 Å². The molecule has 0 spiro atoms. The molecule has 0 saturated heterocycles. The first kappa shape index (κ1) is 16.2. The number of benzene rings is 1.